The molecule has 1 fully saturated rings. The van der Waals surface area contributed by atoms with Gasteiger partial charge in [-0.3, -0.25) is 4.90 Å². The summed E-state index contributed by atoms with van der Waals surface area (Å²) in [6.07, 6.45) is -5.54. The molecule has 9 heteroatoms. The molecule has 0 saturated carbocycles. The number of piperazine rings is 1. The predicted molar refractivity (Wildman–Crippen MR) is 76.5 cm³/mol. The van der Waals surface area contributed by atoms with Gasteiger partial charge in [0.15, 0.2) is 11.5 Å². The Morgan fingerprint density at radius 2 is 1.68 bits per heavy atom. The number of halogens is 4. The Balaban J connectivity index is 0.00000242. The number of hydrogen-bond donors (Lipinski definition) is 4. The first kappa shape index (κ1) is 18.7. The van der Waals surface area contributed by atoms with Crippen LogP contribution in [-0.2, 0) is 0 Å². The third kappa shape index (κ3) is 4.31. The Morgan fingerprint density at radius 3 is 2.23 bits per heavy atom. The van der Waals surface area contributed by atoms with Gasteiger partial charge in [-0.05, 0) is 12.1 Å². The molecule has 0 aliphatic carbocycles. The fourth-order valence-electron chi connectivity index (χ4n) is 2.50. The second kappa shape index (κ2) is 7.26. The zero-order valence-electron chi connectivity index (χ0n) is 11.6. The number of rotatable bonds is 3. The summed E-state index contributed by atoms with van der Waals surface area (Å²) in [5.41, 5.74) is -0.0375. The van der Waals surface area contributed by atoms with Gasteiger partial charge in [-0.2, -0.15) is 13.2 Å². The highest BCUT2D eigenvalue weighted by molar-refractivity contribution is 5.85. The number of aromatic hydroxyl groups is 3. The van der Waals surface area contributed by atoms with Crippen molar-refractivity contribution in [1.82, 2.24) is 10.2 Å². The average molecular weight is 343 g/mol. The lowest BCUT2D eigenvalue weighted by Gasteiger charge is -2.36. The summed E-state index contributed by atoms with van der Waals surface area (Å²) in [5, 5.41) is 31.7. The Labute approximate surface area is 131 Å². The predicted octanol–water partition coefficient (Wildman–Crippen LogP) is 2.12. The van der Waals surface area contributed by atoms with E-state index in [2.05, 4.69) is 5.32 Å². The Bertz CT molecular complexity index is 508. The van der Waals surface area contributed by atoms with Crippen LogP contribution < -0.4 is 5.32 Å². The molecule has 1 saturated heterocycles. The van der Waals surface area contributed by atoms with Crippen LogP contribution in [0.1, 0.15) is 18.0 Å². The molecule has 0 bridgehead atoms. The SMILES string of the molecule is Cl.Oc1ccc([C@@H](CC(F)(F)F)N2CCNCC2)c(O)c1O. The maximum atomic E-state index is 12.8. The molecule has 5 nitrogen and oxygen atoms in total. The Morgan fingerprint density at radius 1 is 1.09 bits per heavy atom. The summed E-state index contributed by atoms with van der Waals surface area (Å²) in [7, 11) is 0. The molecule has 0 unspecified atom stereocenters. The van der Waals surface area contributed by atoms with Gasteiger partial charge in [0.1, 0.15) is 0 Å². The summed E-state index contributed by atoms with van der Waals surface area (Å²) >= 11 is 0. The third-order valence-corrected chi connectivity index (χ3v) is 3.54. The minimum absolute atomic E-state index is 0. The highest BCUT2D eigenvalue weighted by Crippen LogP contribution is 2.44. The summed E-state index contributed by atoms with van der Waals surface area (Å²) < 4.78 is 38.5. The topological polar surface area (TPSA) is 76.0 Å². The van der Waals surface area contributed by atoms with Gasteiger partial charge in [0.2, 0.25) is 5.75 Å². The first-order chi connectivity index (χ1) is 9.79. The van der Waals surface area contributed by atoms with Crippen LogP contribution in [0.15, 0.2) is 12.1 Å². The van der Waals surface area contributed by atoms with E-state index in [-0.39, 0.29) is 18.0 Å². The average Bonchev–Trinajstić information content (AvgIpc) is 2.43. The number of nitrogens with zero attached hydrogens (tertiary/aromatic N) is 1. The van der Waals surface area contributed by atoms with Gasteiger partial charge in [-0.15, -0.1) is 12.4 Å². The summed E-state index contributed by atoms with van der Waals surface area (Å²) in [4.78, 5) is 1.61. The van der Waals surface area contributed by atoms with Gasteiger partial charge in [-0.25, -0.2) is 0 Å². The zero-order chi connectivity index (χ0) is 15.6. The molecule has 1 aliphatic rings. The molecule has 1 aliphatic heterocycles. The van der Waals surface area contributed by atoms with Crippen molar-refractivity contribution in [2.75, 3.05) is 26.2 Å². The molecule has 0 spiro atoms. The molecule has 0 amide bonds. The van der Waals surface area contributed by atoms with E-state index in [1.165, 1.54) is 6.07 Å². The summed E-state index contributed by atoms with van der Waals surface area (Å²) in [5.74, 6) is -2.07. The fraction of sp³-hybridized carbons (Fsp3) is 0.538. The first-order valence-corrected chi connectivity index (χ1v) is 6.55. The van der Waals surface area contributed by atoms with Crippen molar-refractivity contribution in [2.24, 2.45) is 0 Å². The number of phenols is 3. The molecule has 22 heavy (non-hydrogen) atoms. The first-order valence-electron chi connectivity index (χ1n) is 6.55. The number of nitrogens with one attached hydrogen (secondary N) is 1. The van der Waals surface area contributed by atoms with Gasteiger partial charge in [0.05, 0.1) is 6.42 Å². The lowest BCUT2D eigenvalue weighted by atomic mass is 9.99. The van der Waals surface area contributed by atoms with Crippen LogP contribution in [-0.4, -0.2) is 52.6 Å². The maximum Gasteiger partial charge on any atom is 0.390 e. The van der Waals surface area contributed by atoms with Crippen molar-refractivity contribution in [3.8, 4) is 17.2 Å². The number of hydrogen-bond acceptors (Lipinski definition) is 5. The van der Waals surface area contributed by atoms with Crippen LogP contribution in [0, 0.1) is 0 Å². The standard InChI is InChI=1S/C13H17F3N2O3.ClH/c14-13(15,16)7-9(18-5-3-17-4-6-18)8-1-2-10(19)12(21)11(8)20;/h1-2,9,17,19-21H,3-7H2;1H/t9-;/m1./s1. The van der Waals surface area contributed by atoms with E-state index in [9.17, 15) is 28.5 Å². The van der Waals surface area contributed by atoms with E-state index < -0.39 is 35.9 Å². The van der Waals surface area contributed by atoms with Crippen LogP contribution in [0.2, 0.25) is 0 Å². The van der Waals surface area contributed by atoms with E-state index >= 15 is 0 Å². The largest absolute Gasteiger partial charge is 0.504 e. The van der Waals surface area contributed by atoms with Crippen molar-refractivity contribution in [3.63, 3.8) is 0 Å². The molecule has 1 heterocycles. The molecule has 1 atom stereocenters. The number of alkyl halides is 3. The van der Waals surface area contributed by atoms with E-state index in [0.29, 0.717) is 26.2 Å². The van der Waals surface area contributed by atoms with Crippen molar-refractivity contribution in [1.29, 1.82) is 0 Å². The Hall–Kier alpha value is -1.38. The van der Waals surface area contributed by atoms with E-state index in [4.69, 9.17) is 0 Å². The van der Waals surface area contributed by atoms with Crippen LogP contribution in [0.4, 0.5) is 13.2 Å². The van der Waals surface area contributed by atoms with Crippen LogP contribution >= 0.6 is 12.4 Å². The Kier molecular flexibility index (Phi) is 6.16. The molecule has 126 valence electrons. The van der Waals surface area contributed by atoms with Crippen molar-refractivity contribution < 1.29 is 28.5 Å². The van der Waals surface area contributed by atoms with Gasteiger partial charge in [-0.1, -0.05) is 0 Å². The smallest absolute Gasteiger partial charge is 0.390 e. The molecular formula is C13H18ClF3N2O3. The van der Waals surface area contributed by atoms with Crippen LogP contribution in [0.3, 0.4) is 0 Å². The van der Waals surface area contributed by atoms with Gasteiger partial charge in [0.25, 0.3) is 0 Å². The fourth-order valence-corrected chi connectivity index (χ4v) is 2.50. The molecule has 4 N–H and O–H groups in total. The monoisotopic (exact) mass is 342 g/mol. The summed E-state index contributed by atoms with van der Waals surface area (Å²) in [6, 6.07) is 1.19. The van der Waals surface area contributed by atoms with Crippen LogP contribution in [0.5, 0.6) is 17.2 Å². The number of benzene rings is 1. The molecule has 1 aromatic carbocycles. The lowest BCUT2D eigenvalue weighted by Crippen LogP contribution is -2.46. The normalized spacial score (nSPS) is 17.8. The lowest BCUT2D eigenvalue weighted by molar-refractivity contribution is -0.148. The quantitative estimate of drug-likeness (QED) is 0.633. The van der Waals surface area contributed by atoms with Gasteiger partial charge in [0, 0.05) is 37.8 Å². The van der Waals surface area contributed by atoms with Gasteiger partial charge >= 0.3 is 6.18 Å². The minimum atomic E-state index is -4.41. The van der Waals surface area contributed by atoms with E-state index in [0.717, 1.165) is 6.07 Å². The van der Waals surface area contributed by atoms with E-state index in [1.807, 2.05) is 0 Å². The van der Waals surface area contributed by atoms with Gasteiger partial charge < -0.3 is 20.6 Å². The second-order valence-corrected chi connectivity index (χ2v) is 4.99. The number of phenolic OH excluding ortho intramolecular Hbond substituents is 3. The molecule has 2 rings (SSSR count). The zero-order valence-corrected chi connectivity index (χ0v) is 12.4. The third-order valence-electron chi connectivity index (χ3n) is 3.54. The summed E-state index contributed by atoms with van der Waals surface area (Å²) in [6.45, 7) is 1.92. The highest BCUT2D eigenvalue weighted by atomic mass is 35.5. The molecule has 1 aromatic rings. The minimum Gasteiger partial charge on any atom is -0.504 e. The second-order valence-electron chi connectivity index (χ2n) is 4.99. The van der Waals surface area contributed by atoms with Crippen LogP contribution in [0.25, 0.3) is 0 Å². The van der Waals surface area contributed by atoms with Crippen molar-refractivity contribution in [3.05, 3.63) is 17.7 Å². The highest BCUT2D eigenvalue weighted by Gasteiger charge is 2.37. The van der Waals surface area contributed by atoms with E-state index in [1.54, 1.807) is 4.90 Å². The molecular weight excluding hydrogens is 325 g/mol. The molecule has 0 radical (unpaired) electrons. The maximum absolute atomic E-state index is 12.8. The van der Waals surface area contributed by atoms with Crippen molar-refractivity contribution in [2.45, 2.75) is 18.6 Å². The molecule has 0 aromatic heterocycles. The van der Waals surface area contributed by atoms with Crippen molar-refractivity contribution >= 4 is 12.4 Å².